The Kier molecular flexibility index (Phi) is 8.93. The van der Waals surface area contributed by atoms with Gasteiger partial charge in [0.15, 0.2) is 0 Å². The van der Waals surface area contributed by atoms with Gasteiger partial charge in [0.25, 0.3) is 0 Å². The molecule has 0 aliphatic rings. The van der Waals surface area contributed by atoms with E-state index in [2.05, 4.69) is 5.32 Å². The lowest BCUT2D eigenvalue weighted by atomic mass is 10.1. The Morgan fingerprint density at radius 2 is 1.83 bits per heavy atom. The second-order valence-corrected chi connectivity index (χ2v) is 7.72. The highest BCUT2D eigenvalue weighted by Crippen LogP contribution is 2.22. The maximum Gasteiger partial charge on any atom is 0.242 e. The number of carbonyl (C=O) groups excluding carboxylic acids is 2. The topological polar surface area (TPSA) is 49.4 Å². The Balaban J connectivity index is 2.20. The quantitative estimate of drug-likeness (QED) is 0.559. The van der Waals surface area contributed by atoms with Crippen molar-refractivity contribution in [2.24, 2.45) is 0 Å². The lowest BCUT2D eigenvalue weighted by Crippen LogP contribution is -2.48. The highest BCUT2D eigenvalue weighted by Gasteiger charge is 2.26. The minimum Gasteiger partial charge on any atom is -0.354 e. The Hall–Kier alpha value is -2.11. The third-order valence-electron chi connectivity index (χ3n) is 4.62. The molecule has 7 heteroatoms. The minimum absolute atomic E-state index is 0.0315. The highest BCUT2D eigenvalue weighted by atomic mass is 35.5. The van der Waals surface area contributed by atoms with Crippen LogP contribution in [0, 0.1) is 5.82 Å². The summed E-state index contributed by atoms with van der Waals surface area (Å²) in [5.41, 5.74) is 1.36. The summed E-state index contributed by atoms with van der Waals surface area (Å²) >= 11 is 12.1. The summed E-state index contributed by atoms with van der Waals surface area (Å²) in [5, 5.41) is 3.74. The summed E-state index contributed by atoms with van der Waals surface area (Å²) in [5.74, 6) is -0.835. The first-order valence-electron chi connectivity index (χ1n) is 9.57. The molecule has 0 aromatic heterocycles. The average Bonchev–Trinajstić information content (AvgIpc) is 2.69. The van der Waals surface area contributed by atoms with Crippen LogP contribution < -0.4 is 5.32 Å². The van der Waals surface area contributed by atoms with Crippen LogP contribution in [-0.4, -0.2) is 29.3 Å². The molecule has 0 saturated carbocycles. The Bertz CT molecular complexity index is 843. The van der Waals surface area contributed by atoms with Crippen LogP contribution in [0.4, 0.5) is 4.39 Å². The maximum absolute atomic E-state index is 13.2. The summed E-state index contributed by atoms with van der Waals surface area (Å²) in [6.07, 6.45) is 1.86. The summed E-state index contributed by atoms with van der Waals surface area (Å²) in [6.45, 7) is 4.47. The van der Waals surface area contributed by atoms with Crippen LogP contribution in [0.15, 0.2) is 42.5 Å². The fraction of sp³-hybridized carbons (Fsp3) is 0.364. The maximum atomic E-state index is 13.2. The Labute approximate surface area is 181 Å². The van der Waals surface area contributed by atoms with Gasteiger partial charge in [0, 0.05) is 23.1 Å². The van der Waals surface area contributed by atoms with Gasteiger partial charge in [0.2, 0.25) is 11.8 Å². The van der Waals surface area contributed by atoms with Gasteiger partial charge >= 0.3 is 0 Å². The number of halogens is 3. The molecule has 0 saturated heterocycles. The second kappa shape index (κ2) is 11.2. The van der Waals surface area contributed by atoms with Gasteiger partial charge in [-0.15, -0.1) is 0 Å². The lowest BCUT2D eigenvalue weighted by molar-refractivity contribution is -0.140. The third-order valence-corrected chi connectivity index (χ3v) is 5.21. The van der Waals surface area contributed by atoms with Crippen molar-refractivity contribution >= 4 is 35.0 Å². The van der Waals surface area contributed by atoms with E-state index in [1.165, 1.54) is 17.0 Å². The number of nitrogens with one attached hydrogen (secondary N) is 1. The van der Waals surface area contributed by atoms with Gasteiger partial charge < -0.3 is 10.2 Å². The van der Waals surface area contributed by atoms with Gasteiger partial charge in [0.1, 0.15) is 11.9 Å². The molecule has 1 N–H and O–H groups in total. The lowest BCUT2D eigenvalue weighted by Gasteiger charge is -2.29. The van der Waals surface area contributed by atoms with Crippen LogP contribution >= 0.6 is 23.2 Å². The van der Waals surface area contributed by atoms with Gasteiger partial charge in [-0.05, 0) is 48.7 Å². The standard InChI is InChI=1S/C22H25Cl2FN2O2/c1-3-4-11-26-22(29)15(2)27(14-16-5-9-19(25)10-6-16)21(28)12-17-7-8-18(23)13-20(17)24/h5-10,13,15H,3-4,11-12,14H2,1-2H3,(H,26,29)/t15-/m1/s1. The van der Waals surface area contributed by atoms with Gasteiger partial charge in [-0.3, -0.25) is 9.59 Å². The van der Waals surface area contributed by atoms with Crippen molar-refractivity contribution in [3.63, 3.8) is 0 Å². The van der Waals surface area contributed by atoms with Crippen LogP contribution in [0.2, 0.25) is 10.0 Å². The minimum atomic E-state index is -0.685. The number of benzene rings is 2. The molecule has 0 bridgehead atoms. The van der Waals surface area contributed by atoms with Crippen molar-refractivity contribution in [1.29, 1.82) is 0 Å². The normalized spacial score (nSPS) is 11.8. The van der Waals surface area contributed by atoms with Gasteiger partial charge in [-0.1, -0.05) is 54.7 Å². The first kappa shape index (κ1) is 23.2. The monoisotopic (exact) mass is 438 g/mol. The predicted octanol–water partition coefficient (Wildman–Crippen LogP) is 5.01. The molecule has 2 amide bonds. The van der Waals surface area contributed by atoms with E-state index in [0.29, 0.717) is 22.2 Å². The first-order valence-corrected chi connectivity index (χ1v) is 10.3. The predicted molar refractivity (Wildman–Crippen MR) is 114 cm³/mol. The van der Waals surface area contributed by atoms with Crippen molar-refractivity contribution in [2.45, 2.75) is 45.7 Å². The number of unbranched alkanes of at least 4 members (excludes halogenated alkanes) is 1. The molecular weight excluding hydrogens is 414 g/mol. The molecule has 0 spiro atoms. The average molecular weight is 439 g/mol. The number of amides is 2. The largest absolute Gasteiger partial charge is 0.354 e. The smallest absolute Gasteiger partial charge is 0.242 e. The van der Waals surface area contributed by atoms with Gasteiger partial charge in [0.05, 0.1) is 6.42 Å². The van der Waals surface area contributed by atoms with E-state index >= 15 is 0 Å². The number of hydrogen-bond donors (Lipinski definition) is 1. The zero-order valence-corrected chi connectivity index (χ0v) is 18.1. The fourth-order valence-corrected chi connectivity index (χ4v) is 3.31. The Morgan fingerprint density at radius 3 is 2.45 bits per heavy atom. The van der Waals surface area contributed by atoms with Crippen LogP contribution in [-0.2, 0) is 22.6 Å². The van der Waals surface area contributed by atoms with E-state index in [1.54, 1.807) is 37.3 Å². The second-order valence-electron chi connectivity index (χ2n) is 6.88. The zero-order valence-electron chi connectivity index (χ0n) is 16.6. The summed E-state index contributed by atoms with van der Waals surface area (Å²) in [6, 6.07) is 10.1. The van der Waals surface area contributed by atoms with Gasteiger partial charge in [-0.2, -0.15) is 0 Å². The van der Waals surface area contributed by atoms with E-state index < -0.39 is 6.04 Å². The highest BCUT2D eigenvalue weighted by molar-refractivity contribution is 6.35. The molecular formula is C22H25Cl2FN2O2. The van der Waals surface area contributed by atoms with Crippen molar-refractivity contribution in [3.05, 3.63) is 69.5 Å². The van der Waals surface area contributed by atoms with Crippen molar-refractivity contribution in [3.8, 4) is 0 Å². The van der Waals surface area contributed by atoms with E-state index in [-0.39, 0.29) is 30.6 Å². The molecule has 0 aliphatic carbocycles. The van der Waals surface area contributed by atoms with Crippen LogP contribution in [0.3, 0.4) is 0 Å². The first-order chi connectivity index (χ1) is 13.8. The molecule has 2 aromatic carbocycles. The molecule has 0 radical (unpaired) electrons. The SMILES string of the molecule is CCCCNC(=O)[C@@H](C)N(Cc1ccc(F)cc1)C(=O)Cc1ccc(Cl)cc1Cl. The fourth-order valence-electron chi connectivity index (χ4n) is 2.83. The number of rotatable bonds is 9. The van der Waals surface area contributed by atoms with Crippen LogP contribution in [0.5, 0.6) is 0 Å². The summed E-state index contributed by atoms with van der Waals surface area (Å²) in [7, 11) is 0. The number of nitrogens with zero attached hydrogens (tertiary/aromatic N) is 1. The van der Waals surface area contributed by atoms with E-state index in [9.17, 15) is 14.0 Å². The zero-order chi connectivity index (χ0) is 21.4. The molecule has 2 aromatic rings. The summed E-state index contributed by atoms with van der Waals surface area (Å²) in [4.78, 5) is 27.1. The number of carbonyl (C=O) groups is 2. The van der Waals surface area contributed by atoms with Gasteiger partial charge in [-0.25, -0.2) is 4.39 Å². The molecule has 0 aliphatic heterocycles. The molecule has 2 rings (SSSR count). The molecule has 4 nitrogen and oxygen atoms in total. The van der Waals surface area contributed by atoms with Crippen LogP contribution in [0.1, 0.15) is 37.8 Å². The molecule has 29 heavy (non-hydrogen) atoms. The van der Waals surface area contributed by atoms with Crippen LogP contribution in [0.25, 0.3) is 0 Å². The Morgan fingerprint density at radius 1 is 1.14 bits per heavy atom. The van der Waals surface area contributed by atoms with Crippen molar-refractivity contribution in [2.75, 3.05) is 6.54 Å². The van der Waals surface area contributed by atoms with E-state index in [0.717, 1.165) is 18.4 Å². The molecule has 156 valence electrons. The molecule has 0 unspecified atom stereocenters. The summed E-state index contributed by atoms with van der Waals surface area (Å²) < 4.78 is 13.2. The van der Waals surface area contributed by atoms with Crippen molar-refractivity contribution < 1.29 is 14.0 Å². The number of hydrogen-bond acceptors (Lipinski definition) is 2. The molecule has 0 heterocycles. The van der Waals surface area contributed by atoms with Crippen molar-refractivity contribution in [1.82, 2.24) is 10.2 Å². The van der Waals surface area contributed by atoms with E-state index in [4.69, 9.17) is 23.2 Å². The third kappa shape index (κ3) is 7.02. The molecule has 1 atom stereocenters. The van der Waals surface area contributed by atoms with E-state index in [1.807, 2.05) is 6.92 Å². The molecule has 0 fully saturated rings.